The average molecular weight is 1340 g/mol. The fourth-order valence-electron chi connectivity index (χ4n) is 10.9. The van der Waals surface area contributed by atoms with Crippen molar-refractivity contribution in [2.24, 2.45) is 11.8 Å². The molecule has 0 bridgehead atoms. The lowest BCUT2D eigenvalue weighted by molar-refractivity contribution is -0.161. The molecule has 0 saturated heterocycles. The average Bonchev–Trinajstić information content (AvgIpc) is 3.12. The second-order valence-corrected chi connectivity index (χ2v) is 29.8. The van der Waals surface area contributed by atoms with Crippen molar-refractivity contribution in [3.05, 3.63) is 0 Å². The van der Waals surface area contributed by atoms with Gasteiger partial charge in [-0.05, 0) is 37.5 Å². The lowest BCUT2D eigenvalue weighted by Crippen LogP contribution is -2.30. The number of hydrogen-bond acceptors (Lipinski definition) is 15. The molecular formula is C72H140O17P2. The number of carbonyl (C=O) groups is 4. The first kappa shape index (κ1) is 89.1. The summed E-state index contributed by atoms with van der Waals surface area (Å²) in [7, 11) is -9.90. The van der Waals surface area contributed by atoms with Crippen molar-refractivity contribution in [1.29, 1.82) is 0 Å². The summed E-state index contributed by atoms with van der Waals surface area (Å²) in [6.07, 6.45) is 50.0. The Bertz CT molecular complexity index is 1770. The van der Waals surface area contributed by atoms with Gasteiger partial charge in [0, 0.05) is 25.7 Å². The highest BCUT2D eigenvalue weighted by Gasteiger charge is 2.30. The summed E-state index contributed by atoms with van der Waals surface area (Å²) < 4.78 is 68.3. The van der Waals surface area contributed by atoms with E-state index in [1.54, 1.807) is 0 Å². The molecule has 0 aromatic rings. The number of phosphoric ester groups is 2. The van der Waals surface area contributed by atoms with Crippen LogP contribution in [0.5, 0.6) is 0 Å². The summed E-state index contributed by atoms with van der Waals surface area (Å²) in [5.74, 6) is -0.633. The number of aliphatic hydroxyl groups is 1. The minimum atomic E-state index is -4.95. The van der Waals surface area contributed by atoms with Crippen LogP contribution in [0.25, 0.3) is 0 Å². The fourth-order valence-corrected chi connectivity index (χ4v) is 12.5. The van der Waals surface area contributed by atoms with Crippen molar-refractivity contribution >= 4 is 39.5 Å². The van der Waals surface area contributed by atoms with Gasteiger partial charge in [-0.15, -0.1) is 0 Å². The Balaban J connectivity index is 5.20. The predicted molar refractivity (Wildman–Crippen MR) is 368 cm³/mol. The normalized spacial score (nSPS) is 14.1. The molecule has 0 aromatic heterocycles. The minimum Gasteiger partial charge on any atom is -0.462 e. The van der Waals surface area contributed by atoms with Gasteiger partial charge in [0.15, 0.2) is 12.2 Å². The Morgan fingerprint density at radius 3 is 0.747 bits per heavy atom. The van der Waals surface area contributed by atoms with Gasteiger partial charge in [0.05, 0.1) is 26.4 Å². The van der Waals surface area contributed by atoms with Gasteiger partial charge in [0.25, 0.3) is 0 Å². The monoisotopic (exact) mass is 1340 g/mol. The smallest absolute Gasteiger partial charge is 0.462 e. The van der Waals surface area contributed by atoms with Gasteiger partial charge in [-0.3, -0.25) is 37.3 Å². The van der Waals surface area contributed by atoms with E-state index >= 15 is 0 Å². The third-order valence-electron chi connectivity index (χ3n) is 16.7. The molecule has 0 aromatic carbocycles. The second kappa shape index (κ2) is 64.1. The zero-order chi connectivity index (χ0) is 67.2. The van der Waals surface area contributed by atoms with Crippen LogP contribution >= 0.6 is 15.6 Å². The molecule has 540 valence electrons. The molecule has 0 fully saturated rings. The second-order valence-electron chi connectivity index (χ2n) is 26.9. The van der Waals surface area contributed by atoms with Gasteiger partial charge in [-0.25, -0.2) is 9.13 Å². The highest BCUT2D eigenvalue weighted by molar-refractivity contribution is 7.47. The highest BCUT2D eigenvalue weighted by atomic mass is 31.2. The topological polar surface area (TPSA) is 237 Å². The summed E-state index contributed by atoms with van der Waals surface area (Å²) in [6.45, 7) is 9.51. The molecule has 0 amide bonds. The van der Waals surface area contributed by atoms with Crippen molar-refractivity contribution in [2.75, 3.05) is 39.6 Å². The molecule has 0 saturated carbocycles. The lowest BCUT2D eigenvalue weighted by atomic mass is 10.0. The number of rotatable bonds is 71. The van der Waals surface area contributed by atoms with Crippen molar-refractivity contribution in [3.8, 4) is 0 Å². The molecule has 0 heterocycles. The number of hydrogen-bond donors (Lipinski definition) is 3. The summed E-state index contributed by atoms with van der Waals surface area (Å²) in [4.78, 5) is 72.5. The van der Waals surface area contributed by atoms with Crippen molar-refractivity contribution in [2.45, 2.75) is 387 Å². The van der Waals surface area contributed by atoms with E-state index in [-0.39, 0.29) is 25.7 Å². The van der Waals surface area contributed by atoms with E-state index in [0.717, 1.165) is 102 Å². The van der Waals surface area contributed by atoms with Crippen molar-refractivity contribution in [1.82, 2.24) is 0 Å². The lowest BCUT2D eigenvalue weighted by Gasteiger charge is -2.21. The number of carbonyl (C=O) groups excluding carboxylic acids is 4. The Morgan fingerprint density at radius 1 is 0.297 bits per heavy atom. The van der Waals surface area contributed by atoms with E-state index < -0.39 is 97.5 Å². The maximum Gasteiger partial charge on any atom is 0.472 e. The van der Waals surface area contributed by atoms with E-state index in [0.29, 0.717) is 31.6 Å². The van der Waals surface area contributed by atoms with Gasteiger partial charge in [0.2, 0.25) is 0 Å². The van der Waals surface area contributed by atoms with E-state index in [9.17, 15) is 43.2 Å². The van der Waals surface area contributed by atoms with E-state index in [1.807, 2.05) is 0 Å². The van der Waals surface area contributed by atoms with Gasteiger partial charge in [-0.1, -0.05) is 318 Å². The van der Waals surface area contributed by atoms with Crippen LogP contribution in [-0.2, 0) is 65.4 Å². The Hall–Kier alpha value is -1.94. The standard InChI is InChI=1S/C72H140O17P2/c1-7-9-11-13-15-17-19-28-31-35-42-48-54-69(74)82-60-67(88-72(77)57-51-45-37-33-29-25-23-21-20-22-24-27-30-34-40-46-52-64(3)4)62-86-90(78,79)84-58-66(73)59-85-91(80,81)87-63-68(61-83-70(75)55-49-43-39-38-41-47-53-65(5)6)89-71(76)56-50-44-36-32-26-18-16-14-12-10-8-2/h64-68,73H,7-63H2,1-6H3,(H,78,79)(H,80,81)/t66-,67-,68-/m1/s1. The third-order valence-corrected chi connectivity index (χ3v) is 18.6. The molecule has 0 spiro atoms. The summed E-state index contributed by atoms with van der Waals surface area (Å²) in [6, 6.07) is 0. The van der Waals surface area contributed by atoms with E-state index in [1.165, 1.54) is 180 Å². The van der Waals surface area contributed by atoms with Gasteiger partial charge >= 0.3 is 39.5 Å². The predicted octanol–water partition coefficient (Wildman–Crippen LogP) is 20.8. The van der Waals surface area contributed by atoms with E-state index in [4.69, 9.17) is 37.0 Å². The number of esters is 4. The van der Waals surface area contributed by atoms with Gasteiger partial charge in [-0.2, -0.15) is 0 Å². The molecule has 0 radical (unpaired) electrons. The highest BCUT2D eigenvalue weighted by Crippen LogP contribution is 2.45. The van der Waals surface area contributed by atoms with Crippen LogP contribution in [0.3, 0.4) is 0 Å². The van der Waals surface area contributed by atoms with Crippen LogP contribution in [0.4, 0.5) is 0 Å². The SMILES string of the molecule is CCCCCCCCCCCCCCC(=O)OC[C@H](COP(=O)(O)OC[C@@H](O)COP(=O)(O)OC[C@@H](COC(=O)CCCCCCCCC(C)C)OC(=O)CCCCCCCCCCCCC)OC(=O)CCCCCCCCCCCCCCCCCCC(C)C. The first-order valence-corrected chi connectivity index (χ1v) is 40.5. The quantitative estimate of drug-likeness (QED) is 0.0222. The number of unbranched alkanes of at least 4 members (excludes halogenated alkanes) is 41. The minimum absolute atomic E-state index is 0.106. The summed E-state index contributed by atoms with van der Waals surface area (Å²) in [5, 5.41) is 10.6. The largest absolute Gasteiger partial charge is 0.472 e. The molecule has 0 aliphatic carbocycles. The van der Waals surface area contributed by atoms with Crippen LogP contribution in [0.15, 0.2) is 0 Å². The maximum atomic E-state index is 13.0. The Morgan fingerprint density at radius 2 is 0.505 bits per heavy atom. The first-order valence-electron chi connectivity index (χ1n) is 37.5. The van der Waals surface area contributed by atoms with Crippen LogP contribution < -0.4 is 0 Å². The molecule has 91 heavy (non-hydrogen) atoms. The Labute approximate surface area is 556 Å². The Kier molecular flexibility index (Phi) is 62.7. The molecule has 0 rings (SSSR count). The van der Waals surface area contributed by atoms with Gasteiger partial charge in [0.1, 0.15) is 19.3 Å². The zero-order valence-electron chi connectivity index (χ0n) is 59.1. The zero-order valence-corrected chi connectivity index (χ0v) is 60.9. The summed E-state index contributed by atoms with van der Waals surface area (Å²) >= 11 is 0. The van der Waals surface area contributed by atoms with Crippen LogP contribution in [0, 0.1) is 11.8 Å². The maximum absolute atomic E-state index is 13.0. The number of phosphoric acid groups is 2. The molecule has 3 N–H and O–H groups in total. The van der Waals surface area contributed by atoms with Crippen LogP contribution in [0.1, 0.15) is 369 Å². The van der Waals surface area contributed by atoms with Crippen LogP contribution in [-0.4, -0.2) is 96.7 Å². The molecule has 5 atom stereocenters. The fraction of sp³-hybridized carbons (Fsp3) is 0.944. The molecule has 0 aliphatic heterocycles. The molecule has 17 nitrogen and oxygen atoms in total. The van der Waals surface area contributed by atoms with Crippen molar-refractivity contribution in [3.63, 3.8) is 0 Å². The first-order chi connectivity index (χ1) is 43.9. The van der Waals surface area contributed by atoms with E-state index in [2.05, 4.69) is 41.5 Å². The molecule has 19 heteroatoms. The number of aliphatic hydroxyl groups excluding tert-OH is 1. The third kappa shape index (κ3) is 66.5. The van der Waals surface area contributed by atoms with Gasteiger partial charge < -0.3 is 33.8 Å². The summed E-state index contributed by atoms with van der Waals surface area (Å²) in [5.41, 5.74) is 0. The van der Waals surface area contributed by atoms with Crippen LogP contribution in [0.2, 0.25) is 0 Å². The molecular weight excluding hydrogens is 1200 g/mol. The molecule has 2 unspecified atom stereocenters. The van der Waals surface area contributed by atoms with Crippen molar-refractivity contribution < 1.29 is 80.2 Å². The molecule has 0 aliphatic rings. The number of ether oxygens (including phenoxy) is 4.